The summed E-state index contributed by atoms with van der Waals surface area (Å²) in [7, 11) is 0. The molecule has 2 aromatic rings. The van der Waals surface area contributed by atoms with E-state index >= 15 is 0 Å². The molecule has 0 bridgehead atoms. The van der Waals surface area contributed by atoms with Gasteiger partial charge in [0.05, 0.1) is 24.5 Å². The third kappa shape index (κ3) is 4.23. The molecule has 0 spiro atoms. The Bertz CT molecular complexity index is 672. The summed E-state index contributed by atoms with van der Waals surface area (Å²) in [6.07, 6.45) is 5.25. The van der Waals surface area contributed by atoms with Crippen molar-refractivity contribution < 1.29 is 14.6 Å². The number of para-hydroxylation sites is 1. The van der Waals surface area contributed by atoms with Gasteiger partial charge in [-0.1, -0.05) is 18.2 Å². The molecule has 1 aliphatic rings. The molecule has 6 heteroatoms. The zero-order valence-corrected chi connectivity index (χ0v) is 13.4. The average Bonchev–Trinajstić information content (AvgIpc) is 3.10. The third-order valence-corrected chi connectivity index (χ3v) is 4.00. The van der Waals surface area contributed by atoms with Crippen LogP contribution in [0, 0.1) is 0 Å². The minimum absolute atomic E-state index is 0.0375. The monoisotopic (exact) mass is 327 g/mol. The Morgan fingerprint density at radius 3 is 2.92 bits per heavy atom. The number of rotatable bonds is 5. The van der Waals surface area contributed by atoms with Gasteiger partial charge in [0.15, 0.2) is 0 Å². The van der Waals surface area contributed by atoms with Crippen molar-refractivity contribution >= 4 is 11.7 Å². The van der Waals surface area contributed by atoms with E-state index < -0.39 is 0 Å². The molecule has 1 aromatic carbocycles. The number of carbonyl (C=O) groups excluding carboxylic acids is 1. The standard InChI is InChI=1S/C18H21N3O3/c22-17-8-2-1-5-14(17)12-21(13-16-7-4-10-24-16)18(23)20-15-6-3-9-19-11-15/h1-3,5-6,8-9,11,16,22H,4,7,10,12-13H2,(H,20,23)/t16-/m1/s1. The number of phenols is 1. The van der Waals surface area contributed by atoms with Crippen LogP contribution in [0.15, 0.2) is 48.8 Å². The molecule has 6 nitrogen and oxygen atoms in total. The molecule has 1 atom stereocenters. The van der Waals surface area contributed by atoms with Crippen molar-refractivity contribution in [2.24, 2.45) is 0 Å². The number of hydrogen-bond donors (Lipinski definition) is 2. The van der Waals surface area contributed by atoms with Crippen molar-refractivity contribution in [2.45, 2.75) is 25.5 Å². The zero-order valence-electron chi connectivity index (χ0n) is 13.4. The first kappa shape index (κ1) is 16.3. The van der Waals surface area contributed by atoms with E-state index in [2.05, 4.69) is 10.3 Å². The predicted octanol–water partition coefficient (Wildman–Crippen LogP) is 3.00. The SMILES string of the molecule is O=C(Nc1cccnc1)N(Cc1ccccc1O)C[C@H]1CCCO1. The number of anilines is 1. The smallest absolute Gasteiger partial charge is 0.322 e. The summed E-state index contributed by atoms with van der Waals surface area (Å²) in [4.78, 5) is 18.3. The van der Waals surface area contributed by atoms with Crippen LogP contribution >= 0.6 is 0 Å². The van der Waals surface area contributed by atoms with Crippen molar-refractivity contribution in [3.8, 4) is 5.75 Å². The lowest BCUT2D eigenvalue weighted by Crippen LogP contribution is -2.39. The lowest BCUT2D eigenvalue weighted by atomic mass is 10.1. The lowest BCUT2D eigenvalue weighted by Gasteiger charge is -2.26. The highest BCUT2D eigenvalue weighted by molar-refractivity contribution is 5.89. The van der Waals surface area contributed by atoms with Crippen LogP contribution in [0.5, 0.6) is 5.75 Å². The third-order valence-electron chi connectivity index (χ3n) is 4.00. The molecule has 126 valence electrons. The van der Waals surface area contributed by atoms with Crippen molar-refractivity contribution in [1.82, 2.24) is 9.88 Å². The molecule has 1 aromatic heterocycles. The number of pyridine rings is 1. The highest BCUT2D eigenvalue weighted by Crippen LogP contribution is 2.21. The van der Waals surface area contributed by atoms with Crippen molar-refractivity contribution in [2.75, 3.05) is 18.5 Å². The molecule has 1 fully saturated rings. The summed E-state index contributed by atoms with van der Waals surface area (Å²) in [5.74, 6) is 0.184. The largest absolute Gasteiger partial charge is 0.508 e. The van der Waals surface area contributed by atoms with Gasteiger partial charge in [0, 0.05) is 24.9 Å². The zero-order chi connectivity index (χ0) is 16.8. The molecule has 2 heterocycles. The van der Waals surface area contributed by atoms with Crippen LogP contribution in [0.1, 0.15) is 18.4 Å². The van der Waals surface area contributed by atoms with Gasteiger partial charge in [-0.2, -0.15) is 0 Å². The maximum absolute atomic E-state index is 12.7. The maximum Gasteiger partial charge on any atom is 0.322 e. The fourth-order valence-electron chi connectivity index (χ4n) is 2.74. The van der Waals surface area contributed by atoms with Gasteiger partial charge in [-0.3, -0.25) is 4.98 Å². The number of nitrogens with one attached hydrogen (secondary N) is 1. The van der Waals surface area contributed by atoms with E-state index in [4.69, 9.17) is 4.74 Å². The van der Waals surface area contributed by atoms with Crippen molar-refractivity contribution in [1.29, 1.82) is 0 Å². The highest BCUT2D eigenvalue weighted by atomic mass is 16.5. The maximum atomic E-state index is 12.7. The molecule has 0 aliphatic carbocycles. The lowest BCUT2D eigenvalue weighted by molar-refractivity contribution is 0.0817. The highest BCUT2D eigenvalue weighted by Gasteiger charge is 2.23. The quantitative estimate of drug-likeness (QED) is 0.885. The van der Waals surface area contributed by atoms with E-state index in [1.54, 1.807) is 41.6 Å². The minimum atomic E-state index is -0.234. The molecular weight excluding hydrogens is 306 g/mol. The number of ether oxygens (including phenoxy) is 1. The fraction of sp³-hybridized carbons (Fsp3) is 0.333. The van der Waals surface area contributed by atoms with Gasteiger partial charge in [-0.25, -0.2) is 4.79 Å². The van der Waals surface area contributed by atoms with Gasteiger partial charge >= 0.3 is 6.03 Å². The van der Waals surface area contributed by atoms with Gasteiger partial charge < -0.3 is 20.1 Å². The van der Waals surface area contributed by atoms with E-state index in [1.807, 2.05) is 12.1 Å². The predicted molar refractivity (Wildman–Crippen MR) is 90.7 cm³/mol. The summed E-state index contributed by atoms with van der Waals surface area (Å²) < 4.78 is 5.66. The van der Waals surface area contributed by atoms with Crippen molar-refractivity contribution in [3.63, 3.8) is 0 Å². The second kappa shape index (κ2) is 7.79. The van der Waals surface area contributed by atoms with Crippen LogP contribution in [-0.4, -0.2) is 40.3 Å². The van der Waals surface area contributed by atoms with Crippen LogP contribution in [-0.2, 0) is 11.3 Å². The Kier molecular flexibility index (Phi) is 5.28. The summed E-state index contributed by atoms with van der Waals surface area (Å²) in [5, 5.41) is 12.8. The van der Waals surface area contributed by atoms with Crippen LogP contribution in [0.4, 0.5) is 10.5 Å². The number of aromatic nitrogens is 1. The van der Waals surface area contributed by atoms with Crippen LogP contribution in [0.2, 0.25) is 0 Å². The van der Waals surface area contributed by atoms with Crippen molar-refractivity contribution in [3.05, 3.63) is 54.4 Å². The van der Waals surface area contributed by atoms with E-state index in [1.165, 1.54) is 0 Å². The molecule has 0 saturated carbocycles. The molecule has 2 amide bonds. The number of carbonyl (C=O) groups is 1. The Balaban J connectivity index is 1.73. The number of aromatic hydroxyl groups is 1. The number of urea groups is 1. The number of benzene rings is 1. The molecule has 1 saturated heterocycles. The first-order valence-corrected chi connectivity index (χ1v) is 8.07. The normalized spacial score (nSPS) is 16.8. The van der Waals surface area contributed by atoms with E-state index in [9.17, 15) is 9.90 Å². The fourth-order valence-corrected chi connectivity index (χ4v) is 2.74. The van der Waals surface area contributed by atoms with Gasteiger partial charge in [-0.15, -0.1) is 0 Å². The summed E-state index contributed by atoms with van der Waals surface area (Å²) in [6, 6.07) is 10.4. The topological polar surface area (TPSA) is 74.7 Å². The molecule has 3 rings (SSSR count). The Labute approximate surface area is 141 Å². The van der Waals surface area contributed by atoms with Gasteiger partial charge in [0.2, 0.25) is 0 Å². The second-order valence-electron chi connectivity index (χ2n) is 5.82. The first-order valence-electron chi connectivity index (χ1n) is 8.07. The van der Waals surface area contributed by atoms with Crippen LogP contribution < -0.4 is 5.32 Å². The molecular formula is C18H21N3O3. The van der Waals surface area contributed by atoms with Crippen LogP contribution in [0.3, 0.4) is 0 Å². The molecule has 1 aliphatic heterocycles. The van der Waals surface area contributed by atoms with Gasteiger partial charge in [0.25, 0.3) is 0 Å². The summed E-state index contributed by atoms with van der Waals surface area (Å²) in [6.45, 7) is 1.54. The minimum Gasteiger partial charge on any atom is -0.508 e. The Hall–Kier alpha value is -2.60. The van der Waals surface area contributed by atoms with Gasteiger partial charge in [0.1, 0.15) is 5.75 Å². The second-order valence-corrected chi connectivity index (χ2v) is 5.82. The molecule has 0 radical (unpaired) electrons. The summed E-state index contributed by atoms with van der Waals surface area (Å²) >= 11 is 0. The Morgan fingerprint density at radius 1 is 1.33 bits per heavy atom. The number of amides is 2. The molecule has 0 unspecified atom stereocenters. The van der Waals surface area contributed by atoms with Crippen LogP contribution in [0.25, 0.3) is 0 Å². The molecule has 2 N–H and O–H groups in total. The number of hydrogen-bond acceptors (Lipinski definition) is 4. The van der Waals surface area contributed by atoms with E-state index in [-0.39, 0.29) is 17.9 Å². The van der Waals surface area contributed by atoms with E-state index in [0.717, 1.165) is 19.4 Å². The average molecular weight is 327 g/mol. The van der Waals surface area contributed by atoms with E-state index in [0.29, 0.717) is 24.3 Å². The summed E-state index contributed by atoms with van der Waals surface area (Å²) in [5.41, 5.74) is 1.34. The Morgan fingerprint density at radius 2 is 2.21 bits per heavy atom. The van der Waals surface area contributed by atoms with Gasteiger partial charge in [-0.05, 0) is 31.0 Å². The first-order chi connectivity index (χ1) is 11.7. The number of nitrogens with zero attached hydrogens (tertiary/aromatic N) is 2. The molecule has 24 heavy (non-hydrogen) atoms. The number of phenolic OH excluding ortho intramolecular Hbond substituents is 1.